The van der Waals surface area contributed by atoms with Gasteiger partial charge in [-0.1, -0.05) is 6.58 Å². The van der Waals surface area contributed by atoms with Crippen molar-refractivity contribution < 1.29 is 4.79 Å². The van der Waals surface area contributed by atoms with E-state index >= 15 is 0 Å². The molecule has 3 aromatic rings. The first-order chi connectivity index (χ1) is 13.9. The smallest absolute Gasteiger partial charge is 0.241 e. The number of benzene rings is 1. The molecule has 2 aromatic heterocycles. The average Bonchev–Trinajstić information content (AvgIpc) is 3.08. The van der Waals surface area contributed by atoms with Crippen LogP contribution in [0.2, 0.25) is 0 Å². The third kappa shape index (κ3) is 2.38. The molecule has 0 bridgehead atoms. The van der Waals surface area contributed by atoms with Crippen LogP contribution in [0.5, 0.6) is 0 Å². The average molecular weight is 385 g/mol. The Labute approximate surface area is 169 Å². The number of aryl methyl sites for hydroxylation is 1. The summed E-state index contributed by atoms with van der Waals surface area (Å²) in [5.41, 5.74) is 6.90. The predicted octanol–water partition coefficient (Wildman–Crippen LogP) is 4.07. The zero-order valence-corrected chi connectivity index (χ0v) is 16.6. The van der Waals surface area contributed by atoms with Crippen molar-refractivity contribution in [1.29, 1.82) is 0 Å². The Morgan fingerprint density at radius 2 is 2.14 bits per heavy atom. The van der Waals surface area contributed by atoms with Crippen LogP contribution in [0.3, 0.4) is 0 Å². The number of nitrogens with two attached hydrogens (primary N) is 1. The molecule has 0 saturated carbocycles. The predicted molar refractivity (Wildman–Crippen MR) is 116 cm³/mol. The number of amides is 1. The molecule has 146 valence electrons. The fourth-order valence-corrected chi connectivity index (χ4v) is 4.61. The van der Waals surface area contributed by atoms with Gasteiger partial charge in [-0.25, -0.2) is 0 Å². The van der Waals surface area contributed by atoms with Gasteiger partial charge in [-0.15, -0.1) is 0 Å². The van der Waals surface area contributed by atoms with E-state index in [1.54, 1.807) is 17.3 Å². The summed E-state index contributed by atoms with van der Waals surface area (Å²) in [6.07, 6.45) is 6.22. The molecule has 1 aromatic carbocycles. The minimum absolute atomic E-state index is 0.0526. The van der Waals surface area contributed by atoms with Crippen LogP contribution in [0.25, 0.3) is 10.9 Å². The van der Waals surface area contributed by atoms with Crippen molar-refractivity contribution in [1.82, 2.24) is 9.97 Å². The molecule has 0 radical (unpaired) electrons. The van der Waals surface area contributed by atoms with Gasteiger partial charge in [0.1, 0.15) is 5.71 Å². The molecule has 1 amide bonds. The number of hydrogen-bond acceptors (Lipinski definition) is 4. The molecule has 0 spiro atoms. The monoisotopic (exact) mass is 385 g/mol. The van der Waals surface area contributed by atoms with E-state index in [0.717, 1.165) is 64.1 Å². The highest BCUT2D eigenvalue weighted by molar-refractivity contribution is 6.17. The van der Waals surface area contributed by atoms with Gasteiger partial charge in [0.05, 0.1) is 28.7 Å². The topological polar surface area (TPSA) is 87.4 Å². The fraction of sp³-hybridized carbons (Fsp3) is 0.261. The molecule has 6 heteroatoms. The molecular formula is C23H23N5O. The number of pyridine rings is 1. The van der Waals surface area contributed by atoms with Crippen molar-refractivity contribution in [2.45, 2.75) is 38.5 Å². The maximum absolute atomic E-state index is 13.3. The number of nitrogens with one attached hydrogen (secondary N) is 1. The van der Waals surface area contributed by atoms with Gasteiger partial charge in [0.15, 0.2) is 0 Å². The molecule has 2 aliphatic rings. The Bertz CT molecular complexity index is 1200. The van der Waals surface area contributed by atoms with Gasteiger partial charge in [0.25, 0.3) is 0 Å². The molecule has 0 atom stereocenters. The van der Waals surface area contributed by atoms with Gasteiger partial charge in [-0.2, -0.15) is 5.10 Å². The Morgan fingerprint density at radius 1 is 1.31 bits per heavy atom. The molecule has 1 aliphatic carbocycles. The number of rotatable bonds is 1. The van der Waals surface area contributed by atoms with E-state index in [-0.39, 0.29) is 5.91 Å². The second kappa shape index (κ2) is 6.04. The number of anilines is 2. The lowest BCUT2D eigenvalue weighted by molar-refractivity contribution is -0.121. The molecule has 0 saturated heterocycles. The Morgan fingerprint density at radius 3 is 2.86 bits per heavy atom. The first-order valence-corrected chi connectivity index (χ1v) is 9.83. The minimum atomic E-state index is -0.629. The highest BCUT2D eigenvalue weighted by Gasteiger charge is 2.45. The molecule has 1 aliphatic heterocycles. The Balaban J connectivity index is 1.79. The maximum atomic E-state index is 13.3. The van der Waals surface area contributed by atoms with E-state index in [4.69, 9.17) is 5.84 Å². The summed E-state index contributed by atoms with van der Waals surface area (Å²) in [4.78, 5) is 22.8. The number of carbonyl (C=O) groups is 1. The van der Waals surface area contributed by atoms with E-state index in [0.29, 0.717) is 0 Å². The van der Waals surface area contributed by atoms with Gasteiger partial charge in [0.2, 0.25) is 5.91 Å². The van der Waals surface area contributed by atoms with E-state index < -0.39 is 5.41 Å². The highest BCUT2D eigenvalue weighted by Crippen LogP contribution is 2.47. The minimum Gasteiger partial charge on any atom is -0.353 e. The van der Waals surface area contributed by atoms with E-state index in [2.05, 4.69) is 33.8 Å². The molecule has 29 heavy (non-hydrogen) atoms. The largest absolute Gasteiger partial charge is 0.353 e. The standard InChI is InChI=1S/C23H23N5O/c1-13-6-4-8-15-16-10-19-17(11-18(16)26-21(15)20(13)27-24)23(2,3)22(29)28(19)14-7-5-9-25-12-14/h5,7,9-12,26H,1,4,6,8,24H2,2-3H3. The second-order valence-corrected chi connectivity index (χ2v) is 8.31. The highest BCUT2D eigenvalue weighted by atomic mass is 16.2. The van der Waals surface area contributed by atoms with Crippen molar-refractivity contribution >= 4 is 33.9 Å². The maximum Gasteiger partial charge on any atom is 0.241 e. The summed E-state index contributed by atoms with van der Waals surface area (Å²) in [7, 11) is 0. The number of fused-ring (bicyclic) bond motifs is 4. The lowest BCUT2D eigenvalue weighted by Gasteiger charge is -2.20. The van der Waals surface area contributed by atoms with E-state index in [1.807, 2.05) is 26.0 Å². The van der Waals surface area contributed by atoms with Crippen molar-refractivity contribution in [2.75, 3.05) is 4.90 Å². The van der Waals surface area contributed by atoms with Crippen molar-refractivity contribution in [3.05, 3.63) is 65.6 Å². The van der Waals surface area contributed by atoms with Crippen LogP contribution in [0, 0.1) is 0 Å². The van der Waals surface area contributed by atoms with Crippen LogP contribution in [0.15, 0.2) is 53.9 Å². The Kier molecular flexibility index (Phi) is 3.68. The quantitative estimate of drug-likeness (QED) is 0.376. The number of allylic oxidation sites excluding steroid dienone is 1. The number of aromatic nitrogens is 2. The summed E-state index contributed by atoms with van der Waals surface area (Å²) in [6.45, 7) is 8.09. The zero-order chi connectivity index (χ0) is 20.3. The van der Waals surface area contributed by atoms with Crippen molar-refractivity contribution in [2.24, 2.45) is 10.9 Å². The third-order valence-corrected chi connectivity index (χ3v) is 6.18. The fourth-order valence-electron chi connectivity index (χ4n) is 4.61. The van der Waals surface area contributed by atoms with Crippen molar-refractivity contribution in [3.8, 4) is 0 Å². The van der Waals surface area contributed by atoms with E-state index in [9.17, 15) is 4.79 Å². The number of hydrazone groups is 1. The first-order valence-electron chi connectivity index (χ1n) is 9.83. The van der Waals surface area contributed by atoms with Gasteiger partial charge in [0, 0.05) is 17.1 Å². The van der Waals surface area contributed by atoms with Crippen LogP contribution in [0.1, 0.15) is 43.5 Å². The van der Waals surface area contributed by atoms with Crippen LogP contribution in [0.4, 0.5) is 11.4 Å². The number of H-pyrrole nitrogens is 1. The van der Waals surface area contributed by atoms with Gasteiger partial charge in [-0.05, 0) is 74.1 Å². The van der Waals surface area contributed by atoms with Crippen LogP contribution in [-0.2, 0) is 16.6 Å². The molecule has 6 nitrogen and oxygen atoms in total. The van der Waals surface area contributed by atoms with Crippen LogP contribution in [-0.4, -0.2) is 21.6 Å². The summed E-state index contributed by atoms with van der Waals surface area (Å²) in [5.74, 6) is 5.76. The molecule has 3 N–H and O–H groups in total. The van der Waals surface area contributed by atoms with Gasteiger partial charge < -0.3 is 10.8 Å². The summed E-state index contributed by atoms with van der Waals surface area (Å²) < 4.78 is 0. The molecular weight excluding hydrogens is 362 g/mol. The van der Waals surface area contributed by atoms with Gasteiger partial charge >= 0.3 is 0 Å². The number of nitrogens with zero attached hydrogens (tertiary/aromatic N) is 3. The van der Waals surface area contributed by atoms with Crippen LogP contribution < -0.4 is 10.7 Å². The van der Waals surface area contributed by atoms with E-state index in [1.165, 1.54) is 5.56 Å². The molecule has 0 fully saturated rings. The number of carbonyl (C=O) groups excluding carboxylic acids is 1. The number of aromatic amines is 1. The molecule has 3 heterocycles. The summed E-state index contributed by atoms with van der Waals surface area (Å²) >= 11 is 0. The summed E-state index contributed by atoms with van der Waals surface area (Å²) in [5, 5.41) is 5.13. The number of hydrogen-bond donors (Lipinski definition) is 2. The van der Waals surface area contributed by atoms with Crippen molar-refractivity contribution in [3.63, 3.8) is 0 Å². The lowest BCUT2D eigenvalue weighted by Crippen LogP contribution is -2.33. The first kappa shape index (κ1) is 17.7. The lowest BCUT2D eigenvalue weighted by atomic mass is 9.85. The normalized spacial score (nSPS) is 19.5. The molecule has 0 unspecified atom stereocenters. The third-order valence-electron chi connectivity index (χ3n) is 6.18. The zero-order valence-electron chi connectivity index (χ0n) is 16.6. The molecule has 5 rings (SSSR count). The Hall–Kier alpha value is -3.41. The van der Waals surface area contributed by atoms with Gasteiger partial charge in [-0.3, -0.25) is 14.7 Å². The second-order valence-electron chi connectivity index (χ2n) is 8.31. The SMILES string of the molecule is C=C1CCCc2c([nH]c3cc4c(cc23)N(c2cccnc2)C(=O)C4(C)C)C1=NN. The summed E-state index contributed by atoms with van der Waals surface area (Å²) in [6, 6.07) is 8.00. The van der Waals surface area contributed by atoms with Crippen LogP contribution >= 0.6 is 0 Å².